The molecule has 2 heterocycles. The van der Waals surface area contributed by atoms with E-state index >= 15 is 0 Å². The Balaban J connectivity index is 0.00000341. The molecule has 172 valence electrons. The molecule has 2 aliphatic rings. The Bertz CT molecular complexity index is 779. The van der Waals surface area contributed by atoms with Gasteiger partial charge in [0.2, 0.25) is 5.91 Å². The quantitative estimate of drug-likeness (QED) is 0.304. The standard InChI is InChI=1S/C22H34N6O2.HI/c1-16(2)20(29)28-12-9-19(15-28)25-21(23-3)24-14-17-7-6-8-18(13-17)26-22(30)27-10-4-5-11-27;/h6-8,13,16,19H,4-5,9-12,14-15H2,1-3H3,(H,26,30)(H2,23,24,25);1H. The molecule has 3 rings (SSSR count). The van der Waals surface area contributed by atoms with Crippen LogP contribution in [-0.2, 0) is 11.3 Å². The molecule has 0 bridgehead atoms. The Hall–Kier alpha value is -2.04. The van der Waals surface area contributed by atoms with Gasteiger partial charge in [-0.1, -0.05) is 26.0 Å². The molecule has 1 aromatic carbocycles. The number of hydrogen-bond acceptors (Lipinski definition) is 3. The van der Waals surface area contributed by atoms with Crippen LogP contribution in [0.3, 0.4) is 0 Å². The number of urea groups is 1. The van der Waals surface area contributed by atoms with Gasteiger partial charge in [0.25, 0.3) is 0 Å². The maximum atomic E-state index is 12.3. The Morgan fingerprint density at radius 2 is 1.90 bits per heavy atom. The van der Waals surface area contributed by atoms with E-state index in [9.17, 15) is 9.59 Å². The maximum Gasteiger partial charge on any atom is 0.321 e. The largest absolute Gasteiger partial charge is 0.352 e. The molecule has 0 aromatic heterocycles. The second-order valence-corrected chi connectivity index (χ2v) is 8.32. The summed E-state index contributed by atoms with van der Waals surface area (Å²) < 4.78 is 0. The molecule has 2 aliphatic heterocycles. The zero-order valence-electron chi connectivity index (χ0n) is 18.7. The molecule has 0 aliphatic carbocycles. The van der Waals surface area contributed by atoms with E-state index in [2.05, 4.69) is 20.9 Å². The number of hydrogen-bond donors (Lipinski definition) is 3. The summed E-state index contributed by atoms with van der Waals surface area (Å²) >= 11 is 0. The summed E-state index contributed by atoms with van der Waals surface area (Å²) in [7, 11) is 1.74. The molecule has 2 saturated heterocycles. The summed E-state index contributed by atoms with van der Waals surface area (Å²) in [6, 6.07) is 8.02. The molecule has 3 N–H and O–H groups in total. The average Bonchev–Trinajstić information content (AvgIpc) is 3.43. The first-order valence-electron chi connectivity index (χ1n) is 10.9. The van der Waals surface area contributed by atoms with Crippen LogP contribution in [0.5, 0.6) is 0 Å². The smallest absolute Gasteiger partial charge is 0.321 e. The SMILES string of the molecule is CN=C(NCc1cccc(NC(=O)N2CCCC2)c1)NC1CCN(C(=O)C(C)C)C1.I. The highest BCUT2D eigenvalue weighted by atomic mass is 127. The van der Waals surface area contributed by atoms with Crippen molar-refractivity contribution in [2.45, 2.75) is 45.7 Å². The summed E-state index contributed by atoms with van der Waals surface area (Å²) in [5.74, 6) is 0.944. The van der Waals surface area contributed by atoms with Crippen molar-refractivity contribution in [2.24, 2.45) is 10.9 Å². The van der Waals surface area contributed by atoms with Crippen molar-refractivity contribution in [3.05, 3.63) is 29.8 Å². The van der Waals surface area contributed by atoms with E-state index in [1.165, 1.54) is 0 Å². The van der Waals surface area contributed by atoms with Gasteiger partial charge in [-0.3, -0.25) is 9.79 Å². The highest BCUT2D eigenvalue weighted by molar-refractivity contribution is 14.0. The van der Waals surface area contributed by atoms with E-state index in [0.29, 0.717) is 19.0 Å². The molecule has 3 amide bonds. The first-order chi connectivity index (χ1) is 14.5. The number of nitrogens with zero attached hydrogens (tertiary/aromatic N) is 3. The van der Waals surface area contributed by atoms with Gasteiger partial charge in [0, 0.05) is 57.4 Å². The number of likely N-dealkylation sites (tertiary alicyclic amines) is 2. The number of anilines is 1. The lowest BCUT2D eigenvalue weighted by Gasteiger charge is -2.20. The number of rotatable bonds is 5. The van der Waals surface area contributed by atoms with Crippen molar-refractivity contribution in [2.75, 3.05) is 38.5 Å². The molecule has 0 radical (unpaired) electrons. The first-order valence-corrected chi connectivity index (χ1v) is 10.9. The molecule has 31 heavy (non-hydrogen) atoms. The van der Waals surface area contributed by atoms with Gasteiger partial charge in [0.1, 0.15) is 0 Å². The third-order valence-corrected chi connectivity index (χ3v) is 5.59. The van der Waals surface area contributed by atoms with Crippen LogP contribution >= 0.6 is 24.0 Å². The van der Waals surface area contributed by atoms with Crippen LogP contribution in [0.4, 0.5) is 10.5 Å². The Morgan fingerprint density at radius 3 is 2.58 bits per heavy atom. The zero-order chi connectivity index (χ0) is 21.5. The minimum absolute atomic E-state index is 0. The molecule has 1 unspecified atom stereocenters. The fraction of sp³-hybridized carbons (Fsp3) is 0.591. The van der Waals surface area contributed by atoms with Gasteiger partial charge in [-0.15, -0.1) is 24.0 Å². The Kier molecular flexibility index (Phi) is 9.86. The summed E-state index contributed by atoms with van der Waals surface area (Å²) in [4.78, 5) is 32.5. The number of aliphatic imine (C=N–C) groups is 1. The molecule has 0 saturated carbocycles. The normalized spacial score (nSPS) is 18.7. The monoisotopic (exact) mass is 542 g/mol. The third-order valence-electron chi connectivity index (χ3n) is 5.59. The van der Waals surface area contributed by atoms with Gasteiger partial charge in [0.15, 0.2) is 5.96 Å². The number of carbonyl (C=O) groups excluding carboxylic acids is 2. The van der Waals surface area contributed by atoms with E-state index in [-0.39, 0.29) is 47.9 Å². The topological polar surface area (TPSA) is 89.1 Å². The minimum Gasteiger partial charge on any atom is -0.352 e. The first kappa shape index (κ1) is 25.2. The lowest BCUT2D eigenvalue weighted by atomic mass is 10.2. The van der Waals surface area contributed by atoms with Gasteiger partial charge < -0.3 is 25.8 Å². The second kappa shape index (κ2) is 12.1. The predicted octanol–water partition coefficient (Wildman–Crippen LogP) is 2.85. The van der Waals surface area contributed by atoms with Crippen LogP contribution in [-0.4, -0.2) is 67.0 Å². The Labute approximate surface area is 202 Å². The molecule has 2 fully saturated rings. The van der Waals surface area contributed by atoms with Crippen LogP contribution < -0.4 is 16.0 Å². The molecule has 1 atom stereocenters. The van der Waals surface area contributed by atoms with Crippen LogP contribution in [0.15, 0.2) is 29.3 Å². The van der Waals surface area contributed by atoms with Crippen LogP contribution in [0.1, 0.15) is 38.7 Å². The van der Waals surface area contributed by atoms with Crippen LogP contribution in [0.2, 0.25) is 0 Å². The molecule has 9 heteroatoms. The van der Waals surface area contributed by atoms with Gasteiger partial charge in [-0.05, 0) is 37.0 Å². The van der Waals surface area contributed by atoms with Crippen molar-refractivity contribution in [1.29, 1.82) is 0 Å². The number of halogens is 1. The number of guanidine groups is 1. The molecule has 8 nitrogen and oxygen atoms in total. The summed E-state index contributed by atoms with van der Waals surface area (Å²) in [6.07, 6.45) is 3.07. The maximum absolute atomic E-state index is 12.3. The average molecular weight is 542 g/mol. The summed E-state index contributed by atoms with van der Waals surface area (Å²) in [5, 5.41) is 9.72. The van der Waals surface area contributed by atoms with Crippen molar-refractivity contribution >= 4 is 47.6 Å². The Morgan fingerprint density at radius 1 is 1.16 bits per heavy atom. The highest BCUT2D eigenvalue weighted by Gasteiger charge is 2.28. The van der Waals surface area contributed by atoms with Gasteiger partial charge in [0.05, 0.1) is 0 Å². The highest BCUT2D eigenvalue weighted by Crippen LogP contribution is 2.15. The summed E-state index contributed by atoms with van der Waals surface area (Å²) in [6.45, 7) is 7.61. The fourth-order valence-electron chi connectivity index (χ4n) is 3.90. The molecule has 0 spiro atoms. The number of benzene rings is 1. The number of nitrogens with one attached hydrogen (secondary N) is 3. The van der Waals surface area contributed by atoms with Gasteiger partial charge in [-0.25, -0.2) is 4.79 Å². The fourth-order valence-corrected chi connectivity index (χ4v) is 3.90. The van der Waals surface area contributed by atoms with Crippen molar-refractivity contribution in [3.8, 4) is 0 Å². The van der Waals surface area contributed by atoms with Crippen LogP contribution in [0, 0.1) is 5.92 Å². The lowest BCUT2D eigenvalue weighted by molar-refractivity contribution is -0.133. The van der Waals surface area contributed by atoms with Crippen molar-refractivity contribution in [1.82, 2.24) is 20.4 Å². The van der Waals surface area contributed by atoms with E-state index in [1.807, 2.05) is 47.9 Å². The minimum atomic E-state index is -0.0307. The molecular formula is C22H35IN6O2. The summed E-state index contributed by atoms with van der Waals surface area (Å²) in [5.41, 5.74) is 1.85. The number of carbonyl (C=O) groups is 2. The van der Waals surface area contributed by atoms with Crippen molar-refractivity contribution < 1.29 is 9.59 Å². The van der Waals surface area contributed by atoms with Gasteiger partial charge in [-0.2, -0.15) is 0 Å². The predicted molar refractivity (Wildman–Crippen MR) is 135 cm³/mol. The third kappa shape index (κ3) is 7.26. The van der Waals surface area contributed by atoms with Gasteiger partial charge >= 0.3 is 6.03 Å². The molecular weight excluding hydrogens is 507 g/mol. The van der Waals surface area contributed by atoms with Crippen LogP contribution in [0.25, 0.3) is 0 Å². The zero-order valence-corrected chi connectivity index (χ0v) is 21.0. The molecule has 1 aromatic rings. The second-order valence-electron chi connectivity index (χ2n) is 8.32. The van der Waals surface area contributed by atoms with Crippen molar-refractivity contribution in [3.63, 3.8) is 0 Å². The van der Waals surface area contributed by atoms with E-state index in [1.54, 1.807) is 7.05 Å². The lowest BCUT2D eigenvalue weighted by Crippen LogP contribution is -2.45. The van der Waals surface area contributed by atoms with E-state index in [0.717, 1.165) is 50.1 Å². The van der Waals surface area contributed by atoms with E-state index in [4.69, 9.17) is 0 Å². The number of amides is 3. The van der Waals surface area contributed by atoms with E-state index < -0.39 is 0 Å².